The van der Waals surface area contributed by atoms with Gasteiger partial charge in [-0.1, -0.05) is 32.0 Å². The summed E-state index contributed by atoms with van der Waals surface area (Å²) < 4.78 is 10.8. The van der Waals surface area contributed by atoms with Gasteiger partial charge in [0.15, 0.2) is 0 Å². The van der Waals surface area contributed by atoms with Crippen molar-refractivity contribution in [2.24, 2.45) is 11.0 Å². The second kappa shape index (κ2) is 8.70. The minimum atomic E-state index is -0.755. The first kappa shape index (κ1) is 20.5. The minimum Gasteiger partial charge on any atom is -0.488 e. The number of nitrogens with zero attached hydrogens (tertiary/aromatic N) is 1. The number of carbonyl (C=O) groups is 2. The quantitative estimate of drug-likeness (QED) is 0.613. The van der Waals surface area contributed by atoms with Gasteiger partial charge >= 0.3 is 6.09 Å². The van der Waals surface area contributed by atoms with Crippen molar-refractivity contribution >= 4 is 24.3 Å². The first-order valence-electron chi connectivity index (χ1n) is 8.90. The number of fused-ring (bicyclic) bond motifs is 1. The highest BCUT2D eigenvalue weighted by Crippen LogP contribution is 2.24. The van der Waals surface area contributed by atoms with E-state index in [0.29, 0.717) is 6.61 Å². The van der Waals surface area contributed by atoms with Crippen LogP contribution in [0.2, 0.25) is 0 Å². The van der Waals surface area contributed by atoms with Crippen LogP contribution in [0.15, 0.2) is 34.9 Å². The molecule has 1 atom stereocenters. The van der Waals surface area contributed by atoms with Gasteiger partial charge in [-0.15, -0.1) is 0 Å². The van der Waals surface area contributed by atoms with E-state index in [-0.39, 0.29) is 5.92 Å². The molecule has 2 amide bonds. The lowest BCUT2D eigenvalue weighted by molar-refractivity contribution is -0.124. The number of hydrogen-bond donors (Lipinski definition) is 2. The summed E-state index contributed by atoms with van der Waals surface area (Å²) in [5.41, 5.74) is 3.62. The molecule has 7 nitrogen and oxygen atoms in total. The van der Waals surface area contributed by atoms with Crippen LogP contribution in [0.5, 0.6) is 5.75 Å². The predicted octanol–water partition coefficient (Wildman–Crippen LogP) is 3.11. The molecular weight excluding hydrogens is 346 g/mol. The fraction of sp³-hybridized carbons (Fsp3) is 0.450. The lowest BCUT2D eigenvalue weighted by Crippen LogP contribution is -2.49. The summed E-state index contributed by atoms with van der Waals surface area (Å²) in [6.45, 7) is 9.33. The largest absolute Gasteiger partial charge is 0.488 e. The maximum atomic E-state index is 12.4. The van der Waals surface area contributed by atoms with Crippen LogP contribution >= 0.6 is 0 Å². The van der Waals surface area contributed by atoms with E-state index in [9.17, 15) is 9.59 Å². The van der Waals surface area contributed by atoms with Crippen LogP contribution in [-0.2, 0) is 9.53 Å². The molecule has 27 heavy (non-hydrogen) atoms. The van der Waals surface area contributed by atoms with Gasteiger partial charge in [0.2, 0.25) is 0 Å². The Kier molecular flexibility index (Phi) is 6.60. The van der Waals surface area contributed by atoms with E-state index in [1.54, 1.807) is 27.0 Å². The minimum absolute atomic E-state index is 0.128. The lowest BCUT2D eigenvalue weighted by atomic mass is 10.0. The molecule has 0 saturated carbocycles. The molecule has 0 bridgehead atoms. The average Bonchev–Trinajstić information content (AvgIpc) is 2.57. The van der Waals surface area contributed by atoms with Crippen LogP contribution in [0.25, 0.3) is 6.08 Å². The van der Waals surface area contributed by atoms with Gasteiger partial charge in [0.1, 0.15) is 24.0 Å². The number of carbonyl (C=O) groups excluding carboxylic acids is 2. The summed E-state index contributed by atoms with van der Waals surface area (Å²) >= 11 is 0. The molecule has 7 heteroatoms. The summed E-state index contributed by atoms with van der Waals surface area (Å²) in [6, 6.07) is 6.93. The molecule has 2 N–H and O–H groups in total. The molecule has 0 aromatic heterocycles. The van der Waals surface area contributed by atoms with Crippen molar-refractivity contribution in [1.29, 1.82) is 0 Å². The molecule has 146 valence electrons. The van der Waals surface area contributed by atoms with Crippen molar-refractivity contribution in [3.05, 3.63) is 35.4 Å². The molecule has 0 radical (unpaired) electrons. The van der Waals surface area contributed by atoms with E-state index in [1.165, 1.54) is 0 Å². The Labute approximate surface area is 159 Å². The molecule has 2 rings (SSSR count). The van der Waals surface area contributed by atoms with Crippen LogP contribution in [0, 0.1) is 5.92 Å². The first-order chi connectivity index (χ1) is 12.7. The molecule has 1 aromatic rings. The third-order valence-electron chi connectivity index (χ3n) is 3.68. The smallest absolute Gasteiger partial charge is 0.408 e. The number of hydrazone groups is 1. The standard InChI is InChI=1S/C20H27N3O4/c1-13(2)17(22-19(25)27-20(3,4)5)18(24)23-21-11-14-10-15-8-6-7-9-16(15)26-12-14/h6-11,13,17H,12H2,1-5H3,(H,22,25)(H,23,24). The highest BCUT2D eigenvalue weighted by Gasteiger charge is 2.26. The summed E-state index contributed by atoms with van der Waals surface area (Å²) in [5.74, 6) is 0.279. The number of amides is 2. The van der Waals surface area contributed by atoms with Gasteiger partial charge in [-0.2, -0.15) is 5.10 Å². The highest BCUT2D eigenvalue weighted by molar-refractivity contribution is 5.90. The van der Waals surface area contributed by atoms with Crippen molar-refractivity contribution in [2.45, 2.75) is 46.3 Å². The van der Waals surface area contributed by atoms with Gasteiger partial charge in [-0.05, 0) is 38.8 Å². The molecule has 1 heterocycles. The van der Waals surface area contributed by atoms with Gasteiger partial charge in [-0.25, -0.2) is 10.2 Å². The van der Waals surface area contributed by atoms with E-state index in [4.69, 9.17) is 9.47 Å². The Balaban J connectivity index is 1.95. The van der Waals surface area contributed by atoms with Crippen molar-refractivity contribution < 1.29 is 19.1 Å². The monoisotopic (exact) mass is 373 g/mol. The normalized spacial score (nSPS) is 14.8. The number of nitrogens with one attached hydrogen (secondary N) is 2. The summed E-state index contributed by atoms with van der Waals surface area (Å²) in [7, 11) is 0. The summed E-state index contributed by atoms with van der Waals surface area (Å²) in [5, 5.41) is 6.58. The molecule has 0 spiro atoms. The fourth-order valence-electron chi connectivity index (χ4n) is 2.43. The van der Waals surface area contributed by atoms with E-state index < -0.39 is 23.6 Å². The second-order valence-corrected chi connectivity index (χ2v) is 7.65. The molecule has 1 aromatic carbocycles. The van der Waals surface area contributed by atoms with E-state index >= 15 is 0 Å². The SMILES string of the molecule is CC(C)C(NC(=O)OC(C)(C)C)C(=O)NN=CC1=Cc2ccccc2OC1. The molecule has 0 saturated heterocycles. The Bertz CT molecular complexity index is 748. The highest BCUT2D eigenvalue weighted by atomic mass is 16.6. The van der Waals surface area contributed by atoms with E-state index in [0.717, 1.165) is 16.9 Å². The van der Waals surface area contributed by atoms with E-state index in [2.05, 4.69) is 15.8 Å². The zero-order chi connectivity index (χ0) is 20.0. The van der Waals surface area contributed by atoms with Gasteiger partial charge in [0, 0.05) is 11.1 Å². The molecule has 1 aliphatic heterocycles. The van der Waals surface area contributed by atoms with Crippen molar-refractivity contribution in [3.63, 3.8) is 0 Å². The van der Waals surface area contributed by atoms with Gasteiger partial charge in [0.25, 0.3) is 5.91 Å². The number of hydrogen-bond acceptors (Lipinski definition) is 5. The van der Waals surface area contributed by atoms with Crippen LogP contribution in [0.1, 0.15) is 40.2 Å². The Hall–Kier alpha value is -2.83. The van der Waals surface area contributed by atoms with Crippen molar-refractivity contribution in [1.82, 2.24) is 10.7 Å². The zero-order valence-corrected chi connectivity index (χ0v) is 16.4. The Morgan fingerprint density at radius 1 is 1.26 bits per heavy atom. The maximum absolute atomic E-state index is 12.4. The Morgan fingerprint density at radius 3 is 2.63 bits per heavy atom. The van der Waals surface area contributed by atoms with Crippen molar-refractivity contribution in [3.8, 4) is 5.75 Å². The maximum Gasteiger partial charge on any atom is 0.408 e. The van der Waals surface area contributed by atoms with Crippen molar-refractivity contribution in [2.75, 3.05) is 6.61 Å². The molecule has 1 aliphatic rings. The van der Waals surface area contributed by atoms with Crippen LogP contribution in [-0.4, -0.2) is 36.5 Å². The lowest BCUT2D eigenvalue weighted by Gasteiger charge is -2.24. The zero-order valence-electron chi connectivity index (χ0n) is 16.4. The molecular formula is C20H27N3O4. The predicted molar refractivity (Wildman–Crippen MR) is 105 cm³/mol. The average molecular weight is 373 g/mol. The summed E-state index contributed by atoms with van der Waals surface area (Å²) in [6.07, 6.45) is 2.85. The number of alkyl carbamates (subject to hydrolysis) is 1. The van der Waals surface area contributed by atoms with Gasteiger partial charge in [0.05, 0.1) is 6.21 Å². The summed E-state index contributed by atoms with van der Waals surface area (Å²) in [4.78, 5) is 24.3. The van der Waals surface area contributed by atoms with Crippen LogP contribution in [0.4, 0.5) is 4.79 Å². The topological polar surface area (TPSA) is 89.0 Å². The fourth-order valence-corrected chi connectivity index (χ4v) is 2.43. The van der Waals surface area contributed by atoms with Gasteiger partial charge < -0.3 is 14.8 Å². The first-order valence-corrected chi connectivity index (χ1v) is 8.90. The number of rotatable bonds is 5. The third kappa shape index (κ3) is 6.44. The van der Waals surface area contributed by atoms with E-state index in [1.807, 2.05) is 44.2 Å². The molecule has 0 fully saturated rings. The molecule has 1 unspecified atom stereocenters. The van der Waals surface area contributed by atoms with Crippen LogP contribution < -0.4 is 15.5 Å². The third-order valence-corrected chi connectivity index (χ3v) is 3.68. The number of ether oxygens (including phenoxy) is 2. The second-order valence-electron chi connectivity index (χ2n) is 7.65. The van der Waals surface area contributed by atoms with Crippen LogP contribution in [0.3, 0.4) is 0 Å². The molecule has 0 aliphatic carbocycles. The number of para-hydroxylation sites is 1. The Morgan fingerprint density at radius 2 is 1.96 bits per heavy atom. The van der Waals surface area contributed by atoms with Gasteiger partial charge in [-0.3, -0.25) is 4.79 Å². The number of benzene rings is 1.